The number of hydrogen-bond donors (Lipinski definition) is 1. The molecule has 0 aliphatic carbocycles. The summed E-state index contributed by atoms with van der Waals surface area (Å²) in [5.41, 5.74) is 2.39. The molecule has 1 atom stereocenters. The van der Waals surface area contributed by atoms with Crippen LogP contribution in [0.5, 0.6) is 0 Å². The molecule has 3 aromatic rings. The Bertz CT molecular complexity index is 844. The minimum atomic E-state index is -0.393. The smallest absolute Gasteiger partial charge is 0.0846 e. The normalized spacial score (nSPS) is 17.4. The molecule has 4 nitrogen and oxygen atoms in total. The maximum atomic E-state index is 10.7. The number of morpholine rings is 1. The summed E-state index contributed by atoms with van der Waals surface area (Å²) in [5, 5.41) is 13.2. The van der Waals surface area contributed by atoms with Gasteiger partial charge in [0.05, 0.1) is 25.9 Å². The van der Waals surface area contributed by atoms with E-state index in [0.717, 1.165) is 26.3 Å². The van der Waals surface area contributed by atoms with E-state index in [4.69, 9.17) is 4.74 Å². The van der Waals surface area contributed by atoms with Gasteiger partial charge in [0, 0.05) is 48.6 Å². The van der Waals surface area contributed by atoms with Gasteiger partial charge in [0.25, 0.3) is 0 Å². The van der Waals surface area contributed by atoms with E-state index in [1.165, 1.54) is 28.9 Å². The van der Waals surface area contributed by atoms with Gasteiger partial charge >= 0.3 is 0 Å². The van der Waals surface area contributed by atoms with Gasteiger partial charge in [0.1, 0.15) is 0 Å². The molecule has 0 radical (unpaired) electrons. The highest BCUT2D eigenvalue weighted by Crippen LogP contribution is 2.31. The summed E-state index contributed by atoms with van der Waals surface area (Å²) in [6, 6.07) is 13.1. The first kappa shape index (κ1) is 18.0. The molecule has 4 rings (SSSR count). The molecule has 1 N–H and O–H groups in total. The second-order valence-electron chi connectivity index (χ2n) is 6.50. The molecule has 0 bridgehead atoms. The molecule has 0 amide bonds. The second-order valence-corrected chi connectivity index (χ2v) is 8.99. The van der Waals surface area contributed by atoms with Crippen LogP contribution in [0.15, 0.2) is 36.4 Å². The minimum Gasteiger partial charge on any atom is -0.390 e. The van der Waals surface area contributed by atoms with E-state index in [0.29, 0.717) is 13.1 Å². The average molecular weight is 562 g/mol. The molecule has 1 aromatic heterocycles. The number of aromatic nitrogens is 1. The Hall–Kier alpha value is -0.420. The zero-order chi connectivity index (χ0) is 17.4. The van der Waals surface area contributed by atoms with Gasteiger partial charge in [-0.15, -0.1) is 0 Å². The molecule has 1 unspecified atom stereocenters. The van der Waals surface area contributed by atoms with Gasteiger partial charge < -0.3 is 14.4 Å². The number of nitrogens with zero attached hydrogens (tertiary/aromatic N) is 2. The maximum absolute atomic E-state index is 10.7. The van der Waals surface area contributed by atoms with Gasteiger partial charge in [-0.25, -0.2) is 0 Å². The van der Waals surface area contributed by atoms with E-state index in [-0.39, 0.29) is 0 Å². The van der Waals surface area contributed by atoms with Gasteiger partial charge in [-0.2, -0.15) is 0 Å². The number of rotatable bonds is 4. The molecule has 2 heterocycles. The van der Waals surface area contributed by atoms with Crippen LogP contribution < -0.4 is 0 Å². The number of fused-ring (bicyclic) bond motifs is 3. The lowest BCUT2D eigenvalue weighted by Crippen LogP contribution is -2.42. The Morgan fingerprint density at radius 1 is 0.920 bits per heavy atom. The van der Waals surface area contributed by atoms with Crippen LogP contribution in [-0.4, -0.2) is 53.5 Å². The van der Waals surface area contributed by atoms with E-state index in [1.54, 1.807) is 0 Å². The van der Waals surface area contributed by atoms with Crippen LogP contribution >= 0.6 is 45.2 Å². The highest BCUT2D eigenvalue weighted by atomic mass is 127. The van der Waals surface area contributed by atoms with E-state index < -0.39 is 6.10 Å². The Labute approximate surface area is 174 Å². The summed E-state index contributed by atoms with van der Waals surface area (Å²) in [4.78, 5) is 2.29. The SMILES string of the molecule is OC(CN1CCOCC1)Cn1c2ccc(I)cc2c2cc(I)ccc21. The highest BCUT2D eigenvalue weighted by molar-refractivity contribution is 14.1. The number of benzene rings is 2. The molecule has 1 saturated heterocycles. The average Bonchev–Trinajstić information content (AvgIpc) is 2.88. The van der Waals surface area contributed by atoms with E-state index >= 15 is 0 Å². The third-order valence-electron chi connectivity index (χ3n) is 4.75. The van der Waals surface area contributed by atoms with Crippen LogP contribution in [0.2, 0.25) is 0 Å². The first-order valence-corrected chi connectivity index (χ1v) is 10.6. The summed E-state index contributed by atoms with van der Waals surface area (Å²) in [6.45, 7) is 4.64. The van der Waals surface area contributed by atoms with Gasteiger partial charge in [-0.3, -0.25) is 4.90 Å². The predicted octanol–water partition coefficient (Wildman–Crippen LogP) is 3.70. The molecule has 0 saturated carbocycles. The van der Waals surface area contributed by atoms with Gasteiger partial charge in [0.15, 0.2) is 0 Å². The van der Waals surface area contributed by atoms with Crippen LogP contribution in [-0.2, 0) is 11.3 Å². The first-order valence-electron chi connectivity index (χ1n) is 8.47. The molecule has 1 aliphatic heterocycles. The number of halogens is 2. The third-order valence-corrected chi connectivity index (χ3v) is 6.10. The summed E-state index contributed by atoms with van der Waals surface area (Å²) in [5.74, 6) is 0. The summed E-state index contributed by atoms with van der Waals surface area (Å²) in [6.07, 6.45) is -0.393. The molecule has 6 heteroatoms. The van der Waals surface area contributed by atoms with Crippen molar-refractivity contribution in [3.05, 3.63) is 43.5 Å². The number of ether oxygens (including phenoxy) is 1. The molecular weight excluding hydrogens is 542 g/mol. The van der Waals surface area contributed by atoms with Crippen LogP contribution in [0.3, 0.4) is 0 Å². The molecule has 2 aromatic carbocycles. The fourth-order valence-corrected chi connectivity index (χ4v) is 4.58. The second kappa shape index (κ2) is 7.67. The molecular formula is C19H20I2N2O2. The Kier molecular flexibility index (Phi) is 5.52. The Morgan fingerprint density at radius 3 is 2.04 bits per heavy atom. The van der Waals surface area contributed by atoms with Crippen molar-refractivity contribution in [1.29, 1.82) is 0 Å². The van der Waals surface area contributed by atoms with Crippen LogP contribution in [0.1, 0.15) is 0 Å². The van der Waals surface area contributed by atoms with Gasteiger partial charge in [0.2, 0.25) is 0 Å². The predicted molar refractivity (Wildman–Crippen MR) is 118 cm³/mol. The largest absolute Gasteiger partial charge is 0.390 e. The van der Waals surface area contributed by atoms with Crippen molar-refractivity contribution in [1.82, 2.24) is 9.47 Å². The van der Waals surface area contributed by atoms with Gasteiger partial charge in [-0.05, 0) is 81.6 Å². The molecule has 25 heavy (non-hydrogen) atoms. The minimum absolute atomic E-state index is 0.393. The van der Waals surface area contributed by atoms with Crippen molar-refractivity contribution in [3.8, 4) is 0 Å². The molecule has 132 valence electrons. The first-order chi connectivity index (χ1) is 12.1. The van der Waals surface area contributed by atoms with Crippen molar-refractivity contribution < 1.29 is 9.84 Å². The van der Waals surface area contributed by atoms with E-state index in [1.807, 2.05) is 0 Å². The van der Waals surface area contributed by atoms with Crippen molar-refractivity contribution in [2.75, 3.05) is 32.8 Å². The van der Waals surface area contributed by atoms with E-state index in [9.17, 15) is 5.11 Å². The van der Waals surface area contributed by atoms with Crippen molar-refractivity contribution in [2.24, 2.45) is 0 Å². The summed E-state index contributed by atoms with van der Waals surface area (Å²) in [7, 11) is 0. The molecule has 0 spiro atoms. The standard InChI is InChI=1S/C19H20I2N2O2/c20-13-1-3-18-16(9-13)17-10-14(21)2-4-19(17)23(18)12-15(24)11-22-5-7-25-8-6-22/h1-4,9-10,15,24H,5-8,11-12H2. The number of β-amino-alcohol motifs (C(OH)–C–C–N with tert-alkyl or cyclic N) is 1. The zero-order valence-electron chi connectivity index (χ0n) is 13.8. The van der Waals surface area contributed by atoms with E-state index in [2.05, 4.69) is 91.0 Å². The van der Waals surface area contributed by atoms with Crippen molar-refractivity contribution >= 4 is 67.0 Å². The van der Waals surface area contributed by atoms with Crippen LogP contribution in [0, 0.1) is 7.14 Å². The quantitative estimate of drug-likeness (QED) is 0.494. The fraction of sp³-hybridized carbons (Fsp3) is 0.368. The van der Waals surface area contributed by atoms with Crippen molar-refractivity contribution in [2.45, 2.75) is 12.6 Å². The Morgan fingerprint density at radius 2 is 1.48 bits per heavy atom. The Balaban J connectivity index is 1.69. The zero-order valence-corrected chi connectivity index (χ0v) is 18.1. The maximum Gasteiger partial charge on any atom is 0.0846 e. The number of hydrogen-bond acceptors (Lipinski definition) is 3. The fourth-order valence-electron chi connectivity index (χ4n) is 3.60. The monoisotopic (exact) mass is 562 g/mol. The highest BCUT2D eigenvalue weighted by Gasteiger charge is 2.18. The topological polar surface area (TPSA) is 37.6 Å². The lowest BCUT2D eigenvalue weighted by molar-refractivity contribution is 0.0119. The van der Waals surface area contributed by atoms with Crippen molar-refractivity contribution in [3.63, 3.8) is 0 Å². The lowest BCUT2D eigenvalue weighted by Gasteiger charge is -2.28. The lowest BCUT2D eigenvalue weighted by atomic mass is 10.2. The summed E-state index contributed by atoms with van der Waals surface area (Å²) < 4.78 is 10.1. The third kappa shape index (κ3) is 3.83. The van der Waals surface area contributed by atoms with Crippen LogP contribution in [0.25, 0.3) is 21.8 Å². The van der Waals surface area contributed by atoms with Gasteiger partial charge in [-0.1, -0.05) is 0 Å². The molecule has 1 fully saturated rings. The number of aliphatic hydroxyl groups excluding tert-OH is 1. The number of aliphatic hydroxyl groups is 1. The molecule has 1 aliphatic rings. The van der Waals surface area contributed by atoms with Crippen LogP contribution in [0.4, 0.5) is 0 Å². The summed E-state index contributed by atoms with van der Waals surface area (Å²) >= 11 is 4.72.